The van der Waals surface area contributed by atoms with Crippen molar-refractivity contribution in [3.05, 3.63) is 11.9 Å². The molecule has 0 spiro atoms. The molecule has 0 radical (unpaired) electrons. The maximum Gasteiger partial charge on any atom is 0.218 e. The number of rotatable bonds is 5. The van der Waals surface area contributed by atoms with Crippen molar-refractivity contribution in [1.29, 1.82) is 0 Å². The maximum atomic E-state index is 5.41. The first-order valence-corrected chi connectivity index (χ1v) is 6.55. The molecule has 4 nitrogen and oxygen atoms in total. The van der Waals surface area contributed by atoms with Crippen molar-refractivity contribution in [2.24, 2.45) is 11.3 Å². The highest BCUT2D eigenvalue weighted by molar-refractivity contribution is 5.38. The van der Waals surface area contributed by atoms with E-state index in [4.69, 9.17) is 4.74 Å². The van der Waals surface area contributed by atoms with Gasteiger partial charge in [0.1, 0.15) is 11.6 Å². The second-order valence-electron chi connectivity index (χ2n) is 5.72. The quantitative estimate of drug-likeness (QED) is 0.872. The lowest BCUT2D eigenvalue weighted by Crippen LogP contribution is -2.25. The van der Waals surface area contributed by atoms with E-state index < -0.39 is 0 Å². The minimum atomic E-state index is 0.290. The van der Waals surface area contributed by atoms with Crippen molar-refractivity contribution in [1.82, 2.24) is 9.97 Å². The third kappa shape index (κ3) is 4.51. The van der Waals surface area contributed by atoms with Crippen LogP contribution in [-0.2, 0) is 0 Å². The van der Waals surface area contributed by atoms with E-state index in [1.54, 1.807) is 0 Å². The lowest BCUT2D eigenvalue weighted by atomic mass is 9.82. The molecule has 1 N–H and O–H groups in total. The van der Waals surface area contributed by atoms with Gasteiger partial charge in [-0.15, -0.1) is 0 Å². The molecule has 0 aromatic carbocycles. The third-order valence-electron chi connectivity index (χ3n) is 3.17. The van der Waals surface area contributed by atoms with E-state index in [0.29, 0.717) is 18.4 Å². The van der Waals surface area contributed by atoms with Gasteiger partial charge in [-0.25, -0.2) is 4.98 Å². The topological polar surface area (TPSA) is 47.0 Å². The molecule has 1 rings (SSSR count). The van der Waals surface area contributed by atoms with Gasteiger partial charge in [-0.05, 0) is 25.2 Å². The molecule has 1 aromatic rings. The van der Waals surface area contributed by atoms with E-state index in [0.717, 1.165) is 18.2 Å². The Kier molecular flexibility index (Phi) is 4.93. The standard InChI is InChI=1S/C14H25N3O/c1-7-18-13-8-12(16-11(3)17-13)15-9-10(2)14(4,5)6/h8,10H,7,9H2,1-6H3,(H,15,16,17). The van der Waals surface area contributed by atoms with Gasteiger partial charge in [-0.1, -0.05) is 27.7 Å². The van der Waals surface area contributed by atoms with E-state index in [2.05, 4.69) is 43.0 Å². The minimum Gasteiger partial charge on any atom is -0.478 e. The van der Waals surface area contributed by atoms with Gasteiger partial charge in [0.05, 0.1) is 6.61 Å². The third-order valence-corrected chi connectivity index (χ3v) is 3.17. The van der Waals surface area contributed by atoms with Crippen LogP contribution in [0.15, 0.2) is 6.07 Å². The van der Waals surface area contributed by atoms with Crippen molar-refractivity contribution in [2.75, 3.05) is 18.5 Å². The molecule has 1 heterocycles. The van der Waals surface area contributed by atoms with Crippen LogP contribution in [0.3, 0.4) is 0 Å². The summed E-state index contributed by atoms with van der Waals surface area (Å²) in [6.07, 6.45) is 0. The molecule has 0 bridgehead atoms. The molecule has 0 fully saturated rings. The van der Waals surface area contributed by atoms with Gasteiger partial charge in [0.25, 0.3) is 0 Å². The van der Waals surface area contributed by atoms with Crippen LogP contribution < -0.4 is 10.1 Å². The van der Waals surface area contributed by atoms with E-state index in [1.807, 2.05) is 19.9 Å². The number of anilines is 1. The molecule has 1 aromatic heterocycles. The van der Waals surface area contributed by atoms with Gasteiger partial charge in [0.2, 0.25) is 5.88 Å². The summed E-state index contributed by atoms with van der Waals surface area (Å²) in [7, 11) is 0. The Bertz CT molecular complexity index is 385. The van der Waals surface area contributed by atoms with Crippen LogP contribution >= 0.6 is 0 Å². The fourth-order valence-electron chi connectivity index (χ4n) is 1.42. The molecule has 1 atom stereocenters. The zero-order valence-electron chi connectivity index (χ0n) is 12.4. The number of aromatic nitrogens is 2. The molecule has 0 aliphatic heterocycles. The summed E-state index contributed by atoms with van der Waals surface area (Å²) in [5.74, 6) is 2.76. The summed E-state index contributed by atoms with van der Waals surface area (Å²) in [6, 6.07) is 1.85. The Labute approximate surface area is 110 Å². The molecule has 1 unspecified atom stereocenters. The van der Waals surface area contributed by atoms with Gasteiger partial charge in [0.15, 0.2) is 0 Å². The summed E-state index contributed by atoms with van der Waals surface area (Å²) < 4.78 is 5.41. The number of hydrogen-bond acceptors (Lipinski definition) is 4. The number of ether oxygens (including phenoxy) is 1. The molecule has 4 heteroatoms. The van der Waals surface area contributed by atoms with Crippen LogP contribution in [-0.4, -0.2) is 23.1 Å². The number of hydrogen-bond donors (Lipinski definition) is 1. The van der Waals surface area contributed by atoms with E-state index in [-0.39, 0.29) is 5.41 Å². The molecule has 0 amide bonds. The van der Waals surface area contributed by atoms with Crippen molar-refractivity contribution in [3.8, 4) is 5.88 Å². The molecule has 0 saturated carbocycles. The van der Waals surface area contributed by atoms with Gasteiger partial charge in [-0.3, -0.25) is 0 Å². The molecule has 0 aliphatic rings. The number of nitrogens with one attached hydrogen (secondary N) is 1. The summed E-state index contributed by atoms with van der Waals surface area (Å²) in [5, 5.41) is 3.36. The van der Waals surface area contributed by atoms with Crippen LogP contribution in [0.5, 0.6) is 5.88 Å². The lowest BCUT2D eigenvalue weighted by molar-refractivity contribution is 0.274. The fraction of sp³-hybridized carbons (Fsp3) is 0.714. The molecule has 0 aliphatic carbocycles. The van der Waals surface area contributed by atoms with Crippen LogP contribution in [0, 0.1) is 18.3 Å². The Hall–Kier alpha value is -1.32. The fourth-order valence-corrected chi connectivity index (χ4v) is 1.42. The van der Waals surface area contributed by atoms with Crippen molar-refractivity contribution in [2.45, 2.75) is 41.5 Å². The highest BCUT2D eigenvalue weighted by Crippen LogP contribution is 2.25. The summed E-state index contributed by atoms with van der Waals surface area (Å²) >= 11 is 0. The molecule has 0 saturated heterocycles. The highest BCUT2D eigenvalue weighted by Gasteiger charge is 2.19. The molecular weight excluding hydrogens is 226 g/mol. The zero-order valence-corrected chi connectivity index (χ0v) is 12.4. The van der Waals surface area contributed by atoms with Gasteiger partial charge >= 0.3 is 0 Å². The second-order valence-corrected chi connectivity index (χ2v) is 5.72. The van der Waals surface area contributed by atoms with Gasteiger partial charge in [0, 0.05) is 12.6 Å². The average molecular weight is 251 g/mol. The highest BCUT2D eigenvalue weighted by atomic mass is 16.5. The Morgan fingerprint density at radius 1 is 1.33 bits per heavy atom. The number of nitrogens with zero attached hydrogens (tertiary/aromatic N) is 2. The second kappa shape index (κ2) is 6.03. The predicted octanol–water partition coefficient (Wildman–Crippen LogP) is 3.28. The van der Waals surface area contributed by atoms with Crippen LogP contribution in [0.1, 0.15) is 40.4 Å². The monoisotopic (exact) mass is 251 g/mol. The molecular formula is C14H25N3O. The summed E-state index contributed by atoms with van der Waals surface area (Å²) in [5.41, 5.74) is 0.290. The first-order chi connectivity index (χ1) is 8.32. The van der Waals surface area contributed by atoms with Gasteiger partial charge < -0.3 is 10.1 Å². The summed E-state index contributed by atoms with van der Waals surface area (Å²) in [6.45, 7) is 14.3. The van der Waals surface area contributed by atoms with E-state index >= 15 is 0 Å². The lowest BCUT2D eigenvalue weighted by Gasteiger charge is -2.27. The SMILES string of the molecule is CCOc1cc(NCC(C)C(C)(C)C)nc(C)n1. The van der Waals surface area contributed by atoms with E-state index in [1.165, 1.54) is 0 Å². The molecule has 18 heavy (non-hydrogen) atoms. The first-order valence-electron chi connectivity index (χ1n) is 6.55. The smallest absolute Gasteiger partial charge is 0.218 e. The van der Waals surface area contributed by atoms with Gasteiger partial charge in [-0.2, -0.15) is 4.98 Å². The summed E-state index contributed by atoms with van der Waals surface area (Å²) in [4.78, 5) is 8.59. The first kappa shape index (κ1) is 14.7. The number of aryl methyl sites for hydroxylation is 1. The van der Waals surface area contributed by atoms with Crippen LogP contribution in [0.2, 0.25) is 0 Å². The van der Waals surface area contributed by atoms with Crippen molar-refractivity contribution < 1.29 is 4.74 Å². The average Bonchev–Trinajstić information content (AvgIpc) is 2.24. The van der Waals surface area contributed by atoms with Crippen molar-refractivity contribution >= 4 is 5.82 Å². The Morgan fingerprint density at radius 3 is 2.56 bits per heavy atom. The Morgan fingerprint density at radius 2 is 2.00 bits per heavy atom. The normalized spacial score (nSPS) is 13.2. The predicted molar refractivity (Wildman–Crippen MR) is 75.0 cm³/mol. The largest absolute Gasteiger partial charge is 0.478 e. The van der Waals surface area contributed by atoms with Crippen LogP contribution in [0.25, 0.3) is 0 Å². The van der Waals surface area contributed by atoms with E-state index in [9.17, 15) is 0 Å². The Balaban J connectivity index is 2.67. The van der Waals surface area contributed by atoms with Crippen molar-refractivity contribution in [3.63, 3.8) is 0 Å². The van der Waals surface area contributed by atoms with Crippen LogP contribution in [0.4, 0.5) is 5.82 Å². The zero-order chi connectivity index (χ0) is 13.8. The molecule has 102 valence electrons. The maximum absolute atomic E-state index is 5.41. The minimum absolute atomic E-state index is 0.290.